The lowest BCUT2D eigenvalue weighted by Crippen LogP contribution is -2.19. The Morgan fingerprint density at radius 2 is 1.92 bits per heavy atom. The van der Waals surface area contributed by atoms with Gasteiger partial charge in [-0.15, -0.1) is 0 Å². The highest BCUT2D eigenvalue weighted by atomic mass is 16.5. The third-order valence-electron chi connectivity index (χ3n) is 2.03. The molecule has 0 aliphatic rings. The lowest BCUT2D eigenvalue weighted by Gasteiger charge is -2.19. The average Bonchev–Trinajstić information content (AvgIpc) is 2.04. The number of hydrogen-bond acceptors (Lipinski definition) is 2. The Kier molecular flexibility index (Phi) is 7.51. The maximum absolute atomic E-state index is 8.54. The molecule has 74 valence electrons. The normalized spacial score (nSPS) is 13.8. The van der Waals surface area contributed by atoms with Gasteiger partial charge in [-0.25, -0.2) is 0 Å². The molecule has 0 fully saturated rings. The van der Waals surface area contributed by atoms with Gasteiger partial charge in [0.15, 0.2) is 0 Å². The summed E-state index contributed by atoms with van der Waals surface area (Å²) in [5.74, 6) is 0.601. The summed E-state index contributed by atoms with van der Waals surface area (Å²) in [5.41, 5.74) is 0. The molecule has 0 aromatic heterocycles. The molecule has 0 aromatic carbocycles. The molecule has 0 saturated heterocycles. The van der Waals surface area contributed by atoms with Crippen molar-refractivity contribution < 1.29 is 9.84 Å². The zero-order valence-corrected chi connectivity index (χ0v) is 8.55. The average molecular weight is 174 g/mol. The fraction of sp³-hybridized carbons (Fsp3) is 1.00. The first-order valence-corrected chi connectivity index (χ1v) is 4.94. The van der Waals surface area contributed by atoms with Crippen LogP contribution in [0.3, 0.4) is 0 Å². The summed E-state index contributed by atoms with van der Waals surface area (Å²) >= 11 is 0. The second-order valence-corrected chi connectivity index (χ2v) is 3.49. The van der Waals surface area contributed by atoms with Gasteiger partial charge in [-0.05, 0) is 25.2 Å². The summed E-state index contributed by atoms with van der Waals surface area (Å²) in [7, 11) is 0. The molecular weight excluding hydrogens is 152 g/mol. The van der Waals surface area contributed by atoms with Crippen molar-refractivity contribution in [3.05, 3.63) is 0 Å². The number of aliphatic hydroxyl groups is 1. The fourth-order valence-corrected chi connectivity index (χ4v) is 1.23. The van der Waals surface area contributed by atoms with Gasteiger partial charge in [0.05, 0.1) is 6.10 Å². The molecule has 0 rings (SSSR count). The van der Waals surface area contributed by atoms with Gasteiger partial charge in [0.25, 0.3) is 0 Å². The second-order valence-electron chi connectivity index (χ2n) is 3.49. The first-order valence-electron chi connectivity index (χ1n) is 4.94. The molecule has 0 aliphatic heterocycles. The molecule has 1 atom stereocenters. The molecule has 0 aliphatic carbocycles. The molecule has 0 bridgehead atoms. The smallest absolute Gasteiger partial charge is 0.0595 e. The molecule has 1 unspecified atom stereocenters. The molecule has 12 heavy (non-hydrogen) atoms. The van der Waals surface area contributed by atoms with Crippen LogP contribution in [-0.4, -0.2) is 24.4 Å². The van der Waals surface area contributed by atoms with Gasteiger partial charge in [-0.2, -0.15) is 0 Å². The van der Waals surface area contributed by atoms with Crippen LogP contribution in [0.15, 0.2) is 0 Å². The highest BCUT2D eigenvalue weighted by Crippen LogP contribution is 2.10. The van der Waals surface area contributed by atoms with Crippen molar-refractivity contribution in [3.8, 4) is 0 Å². The standard InChI is InChI=1S/C10H22O2/c1-4-10(9(2)3)12-8-6-5-7-11/h9-11H,4-8H2,1-3H3. The van der Waals surface area contributed by atoms with Crippen molar-refractivity contribution in [1.29, 1.82) is 0 Å². The number of aliphatic hydroxyl groups excluding tert-OH is 1. The summed E-state index contributed by atoms with van der Waals surface area (Å²) in [6, 6.07) is 0. The maximum Gasteiger partial charge on any atom is 0.0595 e. The van der Waals surface area contributed by atoms with E-state index in [4.69, 9.17) is 9.84 Å². The second kappa shape index (κ2) is 7.56. The number of ether oxygens (including phenoxy) is 1. The minimum atomic E-state index is 0.280. The number of hydrogen-bond donors (Lipinski definition) is 1. The number of unbranched alkanes of at least 4 members (excludes halogenated alkanes) is 1. The minimum Gasteiger partial charge on any atom is -0.396 e. The lowest BCUT2D eigenvalue weighted by atomic mass is 10.1. The Morgan fingerprint density at radius 3 is 2.33 bits per heavy atom. The Labute approximate surface area is 75.9 Å². The monoisotopic (exact) mass is 174 g/mol. The minimum absolute atomic E-state index is 0.280. The summed E-state index contributed by atoms with van der Waals surface area (Å²) in [5, 5.41) is 8.54. The zero-order chi connectivity index (χ0) is 9.40. The third-order valence-corrected chi connectivity index (χ3v) is 2.03. The summed E-state index contributed by atoms with van der Waals surface area (Å²) in [6.07, 6.45) is 3.30. The molecule has 0 heterocycles. The van der Waals surface area contributed by atoms with Crippen molar-refractivity contribution in [3.63, 3.8) is 0 Å². The van der Waals surface area contributed by atoms with E-state index in [9.17, 15) is 0 Å². The Bertz CT molecular complexity index is 91.8. The van der Waals surface area contributed by atoms with Crippen LogP contribution in [0.25, 0.3) is 0 Å². The summed E-state index contributed by atoms with van der Waals surface area (Å²) < 4.78 is 5.64. The molecule has 0 amide bonds. The van der Waals surface area contributed by atoms with Crippen molar-refractivity contribution in [1.82, 2.24) is 0 Å². The van der Waals surface area contributed by atoms with E-state index in [2.05, 4.69) is 20.8 Å². The zero-order valence-electron chi connectivity index (χ0n) is 8.55. The highest BCUT2D eigenvalue weighted by Gasteiger charge is 2.10. The van der Waals surface area contributed by atoms with E-state index in [1.807, 2.05) is 0 Å². The maximum atomic E-state index is 8.54. The quantitative estimate of drug-likeness (QED) is 0.600. The molecule has 0 radical (unpaired) electrons. The van der Waals surface area contributed by atoms with Crippen molar-refractivity contribution in [2.45, 2.75) is 46.1 Å². The van der Waals surface area contributed by atoms with Crippen molar-refractivity contribution in [2.24, 2.45) is 5.92 Å². The molecule has 0 saturated carbocycles. The van der Waals surface area contributed by atoms with Gasteiger partial charge >= 0.3 is 0 Å². The van der Waals surface area contributed by atoms with E-state index < -0.39 is 0 Å². The van der Waals surface area contributed by atoms with Gasteiger partial charge < -0.3 is 9.84 Å². The van der Waals surface area contributed by atoms with Crippen LogP contribution in [0.5, 0.6) is 0 Å². The summed E-state index contributed by atoms with van der Waals surface area (Å²) in [4.78, 5) is 0. The van der Waals surface area contributed by atoms with E-state index in [1.165, 1.54) is 0 Å². The van der Waals surface area contributed by atoms with Gasteiger partial charge in [0.2, 0.25) is 0 Å². The van der Waals surface area contributed by atoms with Crippen LogP contribution in [0.2, 0.25) is 0 Å². The van der Waals surface area contributed by atoms with Crippen molar-refractivity contribution in [2.75, 3.05) is 13.2 Å². The Balaban J connectivity index is 3.32. The van der Waals surface area contributed by atoms with Crippen LogP contribution in [0.1, 0.15) is 40.0 Å². The van der Waals surface area contributed by atoms with Gasteiger partial charge in [0.1, 0.15) is 0 Å². The van der Waals surface area contributed by atoms with Crippen LogP contribution in [0, 0.1) is 5.92 Å². The molecule has 1 N–H and O–H groups in total. The molecule has 2 nitrogen and oxygen atoms in total. The SMILES string of the molecule is CCC(OCCCCO)C(C)C. The van der Waals surface area contributed by atoms with E-state index in [-0.39, 0.29) is 6.61 Å². The predicted molar refractivity (Wildman–Crippen MR) is 51.2 cm³/mol. The molecule has 0 aromatic rings. The van der Waals surface area contributed by atoms with Gasteiger partial charge in [0, 0.05) is 13.2 Å². The van der Waals surface area contributed by atoms with Crippen LogP contribution < -0.4 is 0 Å². The summed E-state index contributed by atoms with van der Waals surface area (Å²) in [6.45, 7) is 7.58. The van der Waals surface area contributed by atoms with Gasteiger partial charge in [-0.1, -0.05) is 20.8 Å². The highest BCUT2D eigenvalue weighted by molar-refractivity contribution is 4.59. The van der Waals surface area contributed by atoms with Crippen molar-refractivity contribution >= 4 is 0 Å². The van der Waals surface area contributed by atoms with E-state index in [1.54, 1.807) is 0 Å². The fourth-order valence-electron chi connectivity index (χ4n) is 1.23. The third kappa shape index (κ3) is 5.56. The van der Waals surface area contributed by atoms with Crippen LogP contribution in [-0.2, 0) is 4.74 Å². The van der Waals surface area contributed by atoms with Gasteiger partial charge in [-0.3, -0.25) is 0 Å². The van der Waals surface area contributed by atoms with E-state index >= 15 is 0 Å². The Hall–Kier alpha value is -0.0800. The molecule has 2 heteroatoms. The van der Waals surface area contributed by atoms with Crippen LogP contribution in [0.4, 0.5) is 0 Å². The topological polar surface area (TPSA) is 29.5 Å². The number of rotatable bonds is 7. The molecule has 0 spiro atoms. The lowest BCUT2D eigenvalue weighted by molar-refractivity contribution is 0.0167. The predicted octanol–water partition coefficient (Wildman–Crippen LogP) is 2.21. The van der Waals surface area contributed by atoms with E-state index in [0.717, 1.165) is 25.9 Å². The largest absolute Gasteiger partial charge is 0.396 e. The van der Waals surface area contributed by atoms with E-state index in [0.29, 0.717) is 12.0 Å². The van der Waals surface area contributed by atoms with Crippen LogP contribution >= 0.6 is 0 Å². The first kappa shape index (κ1) is 11.9. The first-order chi connectivity index (χ1) is 5.72. The Morgan fingerprint density at radius 1 is 1.25 bits per heavy atom. The molecular formula is C10H22O2.